The zero-order valence-electron chi connectivity index (χ0n) is 14.4. The van der Waals surface area contributed by atoms with Crippen LogP contribution in [0.3, 0.4) is 0 Å². The molecule has 1 atom stereocenters. The number of benzene rings is 2. The maximum absolute atomic E-state index is 13.8. The van der Waals surface area contributed by atoms with Gasteiger partial charge in [0.15, 0.2) is 6.10 Å². The summed E-state index contributed by atoms with van der Waals surface area (Å²) < 4.78 is 19.3. The maximum atomic E-state index is 13.8. The fourth-order valence-corrected chi connectivity index (χ4v) is 2.16. The quantitative estimate of drug-likeness (QED) is 0.845. The first-order valence-electron chi connectivity index (χ1n) is 8.02. The van der Waals surface area contributed by atoms with Crippen molar-refractivity contribution in [2.75, 3.05) is 11.9 Å². The maximum Gasteiger partial charge on any atom is 0.265 e. The molecule has 0 heterocycles. The Morgan fingerprint density at radius 1 is 1.16 bits per heavy atom. The molecule has 0 aliphatic carbocycles. The molecule has 1 unspecified atom stereocenters. The molecule has 0 radical (unpaired) electrons. The van der Waals surface area contributed by atoms with Gasteiger partial charge in [-0.1, -0.05) is 6.07 Å². The highest BCUT2D eigenvalue weighted by molar-refractivity contribution is 5.95. The average Bonchev–Trinajstić information content (AvgIpc) is 2.58. The summed E-state index contributed by atoms with van der Waals surface area (Å²) in [6, 6.07) is 11.0. The van der Waals surface area contributed by atoms with Gasteiger partial charge < -0.3 is 15.4 Å². The molecule has 2 rings (SSSR count). The van der Waals surface area contributed by atoms with E-state index in [9.17, 15) is 14.0 Å². The van der Waals surface area contributed by atoms with Crippen LogP contribution < -0.4 is 15.4 Å². The van der Waals surface area contributed by atoms with Gasteiger partial charge in [0.2, 0.25) is 0 Å². The lowest BCUT2D eigenvalue weighted by atomic mass is 10.2. The van der Waals surface area contributed by atoms with E-state index < -0.39 is 17.8 Å². The van der Waals surface area contributed by atoms with Crippen LogP contribution in [0, 0.1) is 12.7 Å². The van der Waals surface area contributed by atoms with Gasteiger partial charge in [-0.3, -0.25) is 9.59 Å². The van der Waals surface area contributed by atoms with E-state index in [4.69, 9.17) is 4.74 Å². The lowest BCUT2D eigenvalue weighted by Crippen LogP contribution is -2.30. The minimum atomic E-state index is -0.823. The van der Waals surface area contributed by atoms with Gasteiger partial charge in [0.05, 0.1) is 5.69 Å². The largest absolute Gasteiger partial charge is 0.481 e. The second-order valence-corrected chi connectivity index (χ2v) is 5.62. The summed E-state index contributed by atoms with van der Waals surface area (Å²) in [7, 11) is 0. The molecule has 25 heavy (non-hydrogen) atoms. The highest BCUT2D eigenvalue weighted by Crippen LogP contribution is 2.17. The zero-order valence-corrected chi connectivity index (χ0v) is 14.4. The smallest absolute Gasteiger partial charge is 0.265 e. The molecule has 0 fully saturated rings. The van der Waals surface area contributed by atoms with Crippen LogP contribution in [0.5, 0.6) is 5.75 Å². The lowest BCUT2D eigenvalue weighted by molar-refractivity contribution is -0.122. The Hall–Kier alpha value is -2.89. The van der Waals surface area contributed by atoms with E-state index in [1.165, 1.54) is 12.1 Å². The minimum Gasteiger partial charge on any atom is -0.481 e. The first kappa shape index (κ1) is 18.4. The summed E-state index contributed by atoms with van der Waals surface area (Å²) in [5, 5.41) is 5.20. The van der Waals surface area contributed by atoms with Crippen molar-refractivity contribution in [1.29, 1.82) is 0 Å². The van der Waals surface area contributed by atoms with Gasteiger partial charge in [0.1, 0.15) is 11.6 Å². The van der Waals surface area contributed by atoms with Crippen molar-refractivity contribution < 1.29 is 18.7 Å². The molecular formula is C19H21FN2O3. The summed E-state index contributed by atoms with van der Waals surface area (Å²) in [6.45, 7) is 5.72. The van der Waals surface area contributed by atoms with Crippen molar-refractivity contribution in [3.8, 4) is 5.75 Å². The number of halogens is 1. The van der Waals surface area contributed by atoms with E-state index >= 15 is 0 Å². The fourth-order valence-electron chi connectivity index (χ4n) is 2.16. The summed E-state index contributed by atoms with van der Waals surface area (Å²) in [6.07, 6.45) is -0.823. The first-order valence-corrected chi connectivity index (χ1v) is 8.02. The van der Waals surface area contributed by atoms with Gasteiger partial charge in [0.25, 0.3) is 11.8 Å². The number of nitrogens with one attached hydrogen (secondary N) is 2. The highest BCUT2D eigenvalue weighted by atomic mass is 19.1. The SMILES string of the molecule is CCNC(=O)c1ccc(OC(C)C(=O)Nc2ccc(C)cc2F)cc1. The Morgan fingerprint density at radius 2 is 1.84 bits per heavy atom. The molecule has 0 aliphatic heterocycles. The summed E-state index contributed by atoms with van der Waals surface area (Å²) >= 11 is 0. The van der Waals surface area contributed by atoms with Crippen LogP contribution in [0.15, 0.2) is 42.5 Å². The third kappa shape index (κ3) is 5.04. The molecule has 0 saturated carbocycles. The fraction of sp³-hybridized carbons (Fsp3) is 0.263. The summed E-state index contributed by atoms with van der Waals surface area (Å²) in [4.78, 5) is 23.8. The number of rotatable bonds is 6. The molecular weight excluding hydrogens is 323 g/mol. The van der Waals surface area contributed by atoms with Gasteiger partial charge in [-0.2, -0.15) is 0 Å². The van der Waals surface area contributed by atoms with Crippen molar-refractivity contribution >= 4 is 17.5 Å². The van der Waals surface area contributed by atoms with Gasteiger partial charge >= 0.3 is 0 Å². The number of carbonyl (C=O) groups excluding carboxylic acids is 2. The van der Waals surface area contributed by atoms with Crippen LogP contribution in [0.25, 0.3) is 0 Å². The van der Waals surface area contributed by atoms with E-state index in [0.717, 1.165) is 5.56 Å². The second kappa shape index (κ2) is 8.28. The van der Waals surface area contributed by atoms with Crippen molar-refractivity contribution in [1.82, 2.24) is 5.32 Å². The predicted octanol–water partition coefficient (Wildman–Crippen LogP) is 3.29. The molecule has 6 heteroatoms. The number of anilines is 1. The molecule has 132 valence electrons. The lowest BCUT2D eigenvalue weighted by Gasteiger charge is -2.15. The topological polar surface area (TPSA) is 67.4 Å². The monoisotopic (exact) mass is 344 g/mol. The van der Waals surface area contributed by atoms with Crippen LogP contribution in [0.1, 0.15) is 29.8 Å². The highest BCUT2D eigenvalue weighted by Gasteiger charge is 2.17. The normalized spacial score (nSPS) is 11.5. The third-order valence-electron chi connectivity index (χ3n) is 3.52. The van der Waals surface area contributed by atoms with Crippen LogP contribution in [-0.4, -0.2) is 24.5 Å². The van der Waals surface area contributed by atoms with Crippen LogP contribution in [0.4, 0.5) is 10.1 Å². The molecule has 0 aromatic heterocycles. The average molecular weight is 344 g/mol. The van der Waals surface area contributed by atoms with Crippen LogP contribution >= 0.6 is 0 Å². The van der Waals surface area contributed by atoms with Crippen molar-refractivity contribution in [3.63, 3.8) is 0 Å². The van der Waals surface area contributed by atoms with Crippen molar-refractivity contribution in [3.05, 3.63) is 59.4 Å². The number of hydrogen-bond donors (Lipinski definition) is 2. The minimum absolute atomic E-state index is 0.109. The Labute approximate surface area is 146 Å². The Kier molecular flexibility index (Phi) is 6.11. The molecule has 5 nitrogen and oxygen atoms in total. The molecule has 2 aromatic rings. The molecule has 0 saturated heterocycles. The van der Waals surface area contributed by atoms with Gasteiger partial charge in [-0.25, -0.2) is 4.39 Å². The Bertz CT molecular complexity index is 760. The van der Waals surface area contributed by atoms with E-state index in [1.54, 1.807) is 44.2 Å². The summed E-state index contributed by atoms with van der Waals surface area (Å²) in [5.74, 6) is -0.683. The van der Waals surface area contributed by atoms with Gasteiger partial charge in [0, 0.05) is 12.1 Å². The van der Waals surface area contributed by atoms with Gasteiger partial charge in [-0.05, 0) is 62.7 Å². The van der Waals surface area contributed by atoms with Crippen LogP contribution in [0.2, 0.25) is 0 Å². The predicted molar refractivity (Wildman–Crippen MR) is 94.3 cm³/mol. The third-order valence-corrected chi connectivity index (χ3v) is 3.52. The number of aryl methyl sites for hydroxylation is 1. The standard InChI is InChI=1S/C19H21FN2O3/c1-4-21-19(24)14-6-8-15(9-7-14)25-13(3)18(23)22-17-10-5-12(2)11-16(17)20/h5-11,13H,4H2,1-3H3,(H,21,24)(H,22,23). The van der Waals surface area contributed by atoms with E-state index in [-0.39, 0.29) is 11.6 Å². The summed E-state index contributed by atoms with van der Waals surface area (Å²) in [5.41, 5.74) is 1.39. The van der Waals surface area contributed by atoms with Gasteiger partial charge in [-0.15, -0.1) is 0 Å². The molecule has 2 amide bonds. The molecule has 0 aliphatic rings. The Morgan fingerprint density at radius 3 is 2.44 bits per heavy atom. The number of carbonyl (C=O) groups is 2. The molecule has 0 spiro atoms. The van der Waals surface area contributed by atoms with E-state index in [1.807, 2.05) is 6.92 Å². The molecule has 2 N–H and O–H groups in total. The Balaban J connectivity index is 1.97. The molecule has 0 bridgehead atoms. The van der Waals surface area contributed by atoms with E-state index in [2.05, 4.69) is 10.6 Å². The number of amides is 2. The van der Waals surface area contributed by atoms with Crippen molar-refractivity contribution in [2.45, 2.75) is 26.9 Å². The first-order chi connectivity index (χ1) is 11.9. The zero-order chi connectivity index (χ0) is 18.4. The van der Waals surface area contributed by atoms with Crippen LogP contribution in [-0.2, 0) is 4.79 Å². The second-order valence-electron chi connectivity index (χ2n) is 5.62. The molecule has 2 aromatic carbocycles. The number of hydrogen-bond acceptors (Lipinski definition) is 3. The number of ether oxygens (including phenoxy) is 1. The van der Waals surface area contributed by atoms with Crippen molar-refractivity contribution in [2.24, 2.45) is 0 Å². The van der Waals surface area contributed by atoms with E-state index in [0.29, 0.717) is 17.9 Å².